The van der Waals surface area contributed by atoms with Crippen LogP contribution in [0.15, 0.2) is 36.5 Å². The number of ether oxygens (including phenoxy) is 2. The third-order valence-electron chi connectivity index (χ3n) is 3.37. The van der Waals surface area contributed by atoms with E-state index in [0.29, 0.717) is 17.1 Å². The van der Waals surface area contributed by atoms with Crippen LogP contribution in [-0.2, 0) is 6.18 Å². The second-order valence-electron chi connectivity index (χ2n) is 4.91. The molecule has 0 radical (unpaired) electrons. The van der Waals surface area contributed by atoms with Gasteiger partial charge in [0, 0.05) is 12.7 Å². The van der Waals surface area contributed by atoms with E-state index in [1.165, 1.54) is 26.5 Å². The fourth-order valence-corrected chi connectivity index (χ4v) is 2.15. The van der Waals surface area contributed by atoms with Crippen LogP contribution in [0.5, 0.6) is 11.5 Å². The Labute approximate surface area is 137 Å². The van der Waals surface area contributed by atoms with E-state index in [-0.39, 0.29) is 12.4 Å². The van der Waals surface area contributed by atoms with Crippen LogP contribution in [-0.4, -0.2) is 30.9 Å². The van der Waals surface area contributed by atoms with E-state index in [1.54, 1.807) is 18.2 Å². The average molecular weight is 342 g/mol. The number of hydrogen-bond acceptors (Lipinski definition) is 5. The zero-order chi connectivity index (χ0) is 17.7. The highest BCUT2D eigenvalue weighted by Gasteiger charge is 2.34. The summed E-state index contributed by atoms with van der Waals surface area (Å²) in [5, 5.41) is 12.7. The summed E-state index contributed by atoms with van der Waals surface area (Å²) in [6, 6.07) is 6.92. The van der Waals surface area contributed by atoms with E-state index in [0.717, 1.165) is 6.07 Å². The summed E-state index contributed by atoms with van der Waals surface area (Å²) in [6.45, 7) is -0.143. The predicted octanol–water partition coefficient (Wildman–Crippen LogP) is 3.26. The van der Waals surface area contributed by atoms with Gasteiger partial charge in [0.15, 0.2) is 11.5 Å². The molecular weight excluding hydrogens is 325 g/mol. The van der Waals surface area contributed by atoms with Gasteiger partial charge in [0.2, 0.25) is 0 Å². The zero-order valence-corrected chi connectivity index (χ0v) is 13.1. The molecule has 2 rings (SSSR count). The number of nitrogens with zero attached hydrogens (tertiary/aromatic N) is 1. The number of aliphatic hydroxyl groups is 1. The molecule has 5 nitrogen and oxygen atoms in total. The zero-order valence-electron chi connectivity index (χ0n) is 13.1. The van der Waals surface area contributed by atoms with Crippen LogP contribution in [0.2, 0.25) is 0 Å². The summed E-state index contributed by atoms with van der Waals surface area (Å²) in [4.78, 5) is 3.68. The van der Waals surface area contributed by atoms with E-state index < -0.39 is 17.8 Å². The number of methoxy groups -OCH3 is 2. The van der Waals surface area contributed by atoms with E-state index in [2.05, 4.69) is 10.3 Å². The number of pyridine rings is 1. The number of nitrogens with one attached hydrogen (secondary N) is 1. The summed E-state index contributed by atoms with van der Waals surface area (Å²) in [5.74, 6) is 0.581. The molecule has 1 heterocycles. The lowest BCUT2D eigenvalue weighted by atomic mass is 10.1. The first-order chi connectivity index (χ1) is 11.4. The van der Waals surface area contributed by atoms with Crippen LogP contribution in [0.3, 0.4) is 0 Å². The lowest BCUT2D eigenvalue weighted by Crippen LogP contribution is -2.17. The van der Waals surface area contributed by atoms with Crippen molar-refractivity contribution < 1.29 is 27.8 Å². The van der Waals surface area contributed by atoms with Crippen molar-refractivity contribution in [3.63, 3.8) is 0 Å². The van der Waals surface area contributed by atoms with Crippen molar-refractivity contribution in [1.29, 1.82) is 0 Å². The first-order valence-electron chi connectivity index (χ1n) is 7.03. The van der Waals surface area contributed by atoms with Crippen LogP contribution in [0.4, 0.5) is 19.0 Å². The minimum atomic E-state index is -4.52. The number of aliphatic hydroxyl groups excluding tert-OH is 1. The van der Waals surface area contributed by atoms with Gasteiger partial charge in [-0.3, -0.25) is 0 Å². The maximum atomic E-state index is 12.9. The molecule has 2 N–H and O–H groups in total. The van der Waals surface area contributed by atoms with Gasteiger partial charge in [-0.2, -0.15) is 13.2 Å². The van der Waals surface area contributed by atoms with Crippen LogP contribution >= 0.6 is 0 Å². The summed E-state index contributed by atoms with van der Waals surface area (Å²) in [7, 11) is 2.94. The minimum Gasteiger partial charge on any atom is -0.493 e. The Kier molecular flexibility index (Phi) is 5.50. The van der Waals surface area contributed by atoms with Gasteiger partial charge >= 0.3 is 6.18 Å². The van der Waals surface area contributed by atoms with Gasteiger partial charge in [-0.05, 0) is 29.8 Å². The highest BCUT2D eigenvalue weighted by atomic mass is 19.4. The van der Waals surface area contributed by atoms with Crippen LogP contribution in [0.25, 0.3) is 0 Å². The van der Waals surface area contributed by atoms with Gasteiger partial charge < -0.3 is 19.9 Å². The molecule has 130 valence electrons. The van der Waals surface area contributed by atoms with Crippen LogP contribution < -0.4 is 14.8 Å². The summed E-state index contributed by atoms with van der Waals surface area (Å²) < 4.78 is 48.9. The predicted molar refractivity (Wildman–Crippen MR) is 82.2 cm³/mol. The van der Waals surface area contributed by atoms with Gasteiger partial charge in [0.05, 0.1) is 25.9 Å². The van der Waals surface area contributed by atoms with Gasteiger partial charge in [-0.15, -0.1) is 0 Å². The van der Waals surface area contributed by atoms with Crippen molar-refractivity contribution in [3.8, 4) is 11.5 Å². The lowest BCUT2D eigenvalue weighted by molar-refractivity contribution is -0.137. The molecule has 1 aromatic heterocycles. The number of halogens is 3. The lowest BCUT2D eigenvalue weighted by Gasteiger charge is -2.17. The standard InChI is InChI=1S/C16H17F3N2O3/c1-23-13-6-5-10(8-14(13)24-2)12(22)9-21-15-11(16(17,18)19)4-3-7-20-15/h3-8,12,22H,9H2,1-2H3,(H,20,21)/t12-/m0/s1. The summed E-state index contributed by atoms with van der Waals surface area (Å²) >= 11 is 0. The average Bonchev–Trinajstić information content (AvgIpc) is 2.58. The normalized spacial score (nSPS) is 12.6. The monoisotopic (exact) mass is 342 g/mol. The van der Waals surface area contributed by atoms with Crippen molar-refractivity contribution >= 4 is 5.82 Å². The summed E-state index contributed by atoms with van der Waals surface area (Å²) in [5.41, 5.74) is -0.408. The molecule has 0 saturated carbocycles. The first-order valence-corrected chi connectivity index (χ1v) is 7.03. The molecule has 8 heteroatoms. The molecule has 0 aliphatic heterocycles. The number of anilines is 1. The molecule has 0 bridgehead atoms. The number of hydrogen-bond donors (Lipinski definition) is 2. The van der Waals surface area contributed by atoms with Crippen molar-refractivity contribution in [2.24, 2.45) is 0 Å². The van der Waals surface area contributed by atoms with E-state index in [9.17, 15) is 18.3 Å². The topological polar surface area (TPSA) is 63.6 Å². The number of aromatic nitrogens is 1. The Bertz CT molecular complexity index is 693. The minimum absolute atomic E-state index is 0.143. The molecule has 0 amide bonds. The van der Waals surface area contributed by atoms with Gasteiger partial charge in [0.1, 0.15) is 5.82 Å². The largest absolute Gasteiger partial charge is 0.493 e. The van der Waals surface area contributed by atoms with Gasteiger partial charge in [-0.1, -0.05) is 6.07 Å². The van der Waals surface area contributed by atoms with Crippen molar-refractivity contribution in [2.45, 2.75) is 12.3 Å². The van der Waals surface area contributed by atoms with Crippen molar-refractivity contribution in [2.75, 3.05) is 26.1 Å². The second kappa shape index (κ2) is 7.39. The fourth-order valence-electron chi connectivity index (χ4n) is 2.15. The molecule has 0 unspecified atom stereocenters. The Hall–Kier alpha value is -2.48. The molecule has 0 aliphatic carbocycles. The summed E-state index contributed by atoms with van der Waals surface area (Å²) in [6.07, 6.45) is -4.32. The highest BCUT2D eigenvalue weighted by Crippen LogP contribution is 2.34. The smallest absolute Gasteiger partial charge is 0.419 e. The van der Waals surface area contributed by atoms with Crippen molar-refractivity contribution in [3.05, 3.63) is 47.7 Å². The number of benzene rings is 1. The first kappa shape index (κ1) is 17.9. The number of rotatable bonds is 6. The third-order valence-corrected chi connectivity index (χ3v) is 3.37. The quantitative estimate of drug-likeness (QED) is 0.844. The molecule has 1 atom stereocenters. The second-order valence-corrected chi connectivity index (χ2v) is 4.91. The molecule has 0 aliphatic rings. The van der Waals surface area contributed by atoms with Crippen LogP contribution in [0.1, 0.15) is 17.2 Å². The van der Waals surface area contributed by atoms with Crippen LogP contribution in [0, 0.1) is 0 Å². The molecule has 0 saturated heterocycles. The van der Waals surface area contributed by atoms with E-state index in [1.807, 2.05) is 0 Å². The maximum absolute atomic E-state index is 12.9. The Morgan fingerprint density at radius 2 is 1.88 bits per heavy atom. The SMILES string of the molecule is COc1ccc([C@@H](O)CNc2ncccc2C(F)(F)F)cc1OC. The maximum Gasteiger partial charge on any atom is 0.419 e. The van der Waals surface area contributed by atoms with Gasteiger partial charge in [0.25, 0.3) is 0 Å². The molecule has 0 spiro atoms. The third kappa shape index (κ3) is 4.08. The van der Waals surface area contributed by atoms with Crippen molar-refractivity contribution in [1.82, 2.24) is 4.98 Å². The van der Waals surface area contributed by atoms with E-state index >= 15 is 0 Å². The Morgan fingerprint density at radius 3 is 2.50 bits per heavy atom. The van der Waals surface area contributed by atoms with E-state index in [4.69, 9.17) is 9.47 Å². The highest BCUT2D eigenvalue weighted by molar-refractivity contribution is 5.47. The molecule has 1 aromatic carbocycles. The Morgan fingerprint density at radius 1 is 1.17 bits per heavy atom. The Balaban J connectivity index is 2.13. The van der Waals surface area contributed by atoms with Gasteiger partial charge in [-0.25, -0.2) is 4.98 Å². The fraction of sp³-hybridized carbons (Fsp3) is 0.312. The molecule has 0 fully saturated rings. The molecule has 2 aromatic rings. The molecular formula is C16H17F3N2O3. The number of alkyl halides is 3. The molecule has 24 heavy (non-hydrogen) atoms.